The number of hydrogen-bond acceptors (Lipinski definition) is 2. The maximum absolute atomic E-state index is 5.82. The highest BCUT2D eigenvalue weighted by Gasteiger charge is 2.05. The molecule has 1 aromatic carbocycles. The highest BCUT2D eigenvalue weighted by molar-refractivity contribution is 5.28. The minimum absolute atomic E-state index is 0.410. The lowest BCUT2D eigenvalue weighted by Gasteiger charge is -2.15. The van der Waals surface area contributed by atoms with Crippen LogP contribution in [0, 0.1) is 5.92 Å². The molecule has 0 fully saturated rings. The predicted octanol–water partition coefficient (Wildman–Crippen LogP) is 4.56. The van der Waals surface area contributed by atoms with Gasteiger partial charge in [0.15, 0.2) is 0 Å². The SMILES string of the molecule is CCCNC(C)c1ccc(OCC(C)CCC)cc1. The van der Waals surface area contributed by atoms with E-state index in [1.54, 1.807) is 0 Å². The Kier molecular flexibility index (Phi) is 7.57. The molecule has 0 saturated heterocycles. The van der Waals surface area contributed by atoms with Crippen LogP contribution in [0.5, 0.6) is 5.75 Å². The van der Waals surface area contributed by atoms with Crippen molar-refractivity contribution in [3.63, 3.8) is 0 Å². The van der Waals surface area contributed by atoms with Crippen LogP contribution in [0.15, 0.2) is 24.3 Å². The summed E-state index contributed by atoms with van der Waals surface area (Å²) in [6, 6.07) is 8.89. The van der Waals surface area contributed by atoms with Gasteiger partial charge in [0.1, 0.15) is 5.75 Å². The van der Waals surface area contributed by atoms with Crippen LogP contribution in [0.2, 0.25) is 0 Å². The summed E-state index contributed by atoms with van der Waals surface area (Å²) in [5, 5.41) is 3.49. The van der Waals surface area contributed by atoms with Gasteiger partial charge in [-0.3, -0.25) is 0 Å². The smallest absolute Gasteiger partial charge is 0.119 e. The molecule has 1 aromatic rings. The molecule has 2 unspecified atom stereocenters. The number of nitrogens with one attached hydrogen (secondary N) is 1. The first-order valence-electron chi connectivity index (χ1n) is 7.63. The van der Waals surface area contributed by atoms with Crippen molar-refractivity contribution in [1.29, 1.82) is 0 Å². The van der Waals surface area contributed by atoms with Crippen LogP contribution in [0.1, 0.15) is 58.6 Å². The van der Waals surface area contributed by atoms with Crippen LogP contribution < -0.4 is 10.1 Å². The lowest BCUT2D eigenvalue weighted by atomic mass is 10.1. The van der Waals surface area contributed by atoms with Crippen molar-refractivity contribution in [3.8, 4) is 5.75 Å². The van der Waals surface area contributed by atoms with Gasteiger partial charge in [0.05, 0.1) is 6.61 Å². The Balaban J connectivity index is 2.42. The van der Waals surface area contributed by atoms with Gasteiger partial charge < -0.3 is 10.1 Å². The average Bonchev–Trinajstić information content (AvgIpc) is 2.43. The van der Waals surface area contributed by atoms with Crippen molar-refractivity contribution in [3.05, 3.63) is 29.8 Å². The summed E-state index contributed by atoms with van der Waals surface area (Å²) >= 11 is 0. The molecular formula is C17H29NO. The minimum Gasteiger partial charge on any atom is -0.493 e. The molecule has 19 heavy (non-hydrogen) atoms. The van der Waals surface area contributed by atoms with Gasteiger partial charge in [-0.15, -0.1) is 0 Å². The molecule has 1 N–H and O–H groups in total. The Bertz CT molecular complexity index is 334. The Labute approximate surface area is 118 Å². The molecular weight excluding hydrogens is 234 g/mol. The first-order chi connectivity index (χ1) is 9.17. The summed E-state index contributed by atoms with van der Waals surface area (Å²) in [6.45, 7) is 10.7. The van der Waals surface area contributed by atoms with Crippen LogP contribution in [0.25, 0.3) is 0 Å². The Hall–Kier alpha value is -1.02. The van der Waals surface area contributed by atoms with Gasteiger partial charge in [0, 0.05) is 6.04 Å². The van der Waals surface area contributed by atoms with E-state index in [2.05, 4.69) is 57.3 Å². The second kappa shape index (κ2) is 8.98. The maximum atomic E-state index is 5.82. The zero-order valence-corrected chi connectivity index (χ0v) is 12.9. The van der Waals surface area contributed by atoms with Crippen molar-refractivity contribution in [2.45, 2.75) is 53.0 Å². The standard InChI is InChI=1S/C17H29NO/c1-5-7-14(3)13-19-17-10-8-16(9-11-17)15(4)18-12-6-2/h8-11,14-15,18H,5-7,12-13H2,1-4H3. The van der Waals surface area contributed by atoms with Crippen LogP contribution in [0.4, 0.5) is 0 Å². The summed E-state index contributed by atoms with van der Waals surface area (Å²) in [4.78, 5) is 0. The predicted molar refractivity (Wildman–Crippen MR) is 82.7 cm³/mol. The summed E-state index contributed by atoms with van der Waals surface area (Å²) in [7, 11) is 0. The van der Waals surface area contributed by atoms with E-state index in [1.165, 1.54) is 24.8 Å². The van der Waals surface area contributed by atoms with Gasteiger partial charge in [-0.2, -0.15) is 0 Å². The van der Waals surface area contributed by atoms with Gasteiger partial charge in [0.25, 0.3) is 0 Å². The molecule has 0 aromatic heterocycles. The topological polar surface area (TPSA) is 21.3 Å². The second-order valence-electron chi connectivity index (χ2n) is 5.45. The molecule has 0 aliphatic rings. The van der Waals surface area contributed by atoms with E-state index in [4.69, 9.17) is 4.74 Å². The van der Waals surface area contributed by atoms with E-state index in [-0.39, 0.29) is 0 Å². The number of rotatable bonds is 9. The van der Waals surface area contributed by atoms with Gasteiger partial charge in [-0.05, 0) is 49.9 Å². The number of ether oxygens (including phenoxy) is 1. The molecule has 0 aliphatic heterocycles. The van der Waals surface area contributed by atoms with E-state index in [0.29, 0.717) is 12.0 Å². The molecule has 0 radical (unpaired) electrons. The fraction of sp³-hybridized carbons (Fsp3) is 0.647. The molecule has 0 aliphatic carbocycles. The fourth-order valence-electron chi connectivity index (χ4n) is 2.15. The molecule has 0 amide bonds. The summed E-state index contributed by atoms with van der Waals surface area (Å²) in [5.41, 5.74) is 1.32. The van der Waals surface area contributed by atoms with Crippen LogP contribution in [-0.4, -0.2) is 13.2 Å². The van der Waals surface area contributed by atoms with E-state index in [1.807, 2.05) is 0 Å². The van der Waals surface area contributed by atoms with E-state index in [9.17, 15) is 0 Å². The van der Waals surface area contributed by atoms with E-state index in [0.717, 1.165) is 18.9 Å². The maximum Gasteiger partial charge on any atom is 0.119 e. The molecule has 2 heteroatoms. The van der Waals surface area contributed by atoms with Gasteiger partial charge in [0.2, 0.25) is 0 Å². The second-order valence-corrected chi connectivity index (χ2v) is 5.45. The van der Waals surface area contributed by atoms with Crippen molar-refractivity contribution in [2.24, 2.45) is 5.92 Å². The molecule has 2 atom stereocenters. The lowest BCUT2D eigenvalue weighted by Crippen LogP contribution is -2.19. The molecule has 0 saturated carbocycles. The normalized spacial score (nSPS) is 14.1. The monoisotopic (exact) mass is 263 g/mol. The third-order valence-electron chi connectivity index (χ3n) is 3.40. The highest BCUT2D eigenvalue weighted by atomic mass is 16.5. The van der Waals surface area contributed by atoms with Crippen LogP contribution in [0.3, 0.4) is 0 Å². The first-order valence-corrected chi connectivity index (χ1v) is 7.63. The molecule has 0 bridgehead atoms. The van der Waals surface area contributed by atoms with Gasteiger partial charge in [-0.25, -0.2) is 0 Å². The third kappa shape index (κ3) is 6.11. The molecule has 0 heterocycles. The van der Waals surface area contributed by atoms with E-state index >= 15 is 0 Å². The molecule has 108 valence electrons. The third-order valence-corrected chi connectivity index (χ3v) is 3.40. The van der Waals surface area contributed by atoms with E-state index < -0.39 is 0 Å². The van der Waals surface area contributed by atoms with Crippen molar-refractivity contribution in [1.82, 2.24) is 5.32 Å². The van der Waals surface area contributed by atoms with Crippen molar-refractivity contribution >= 4 is 0 Å². The van der Waals surface area contributed by atoms with Gasteiger partial charge >= 0.3 is 0 Å². The average molecular weight is 263 g/mol. The Morgan fingerprint density at radius 1 is 1.05 bits per heavy atom. The summed E-state index contributed by atoms with van der Waals surface area (Å²) in [6.07, 6.45) is 3.63. The fourth-order valence-corrected chi connectivity index (χ4v) is 2.15. The zero-order chi connectivity index (χ0) is 14.1. The van der Waals surface area contributed by atoms with Gasteiger partial charge in [-0.1, -0.05) is 39.3 Å². The largest absolute Gasteiger partial charge is 0.493 e. The lowest BCUT2D eigenvalue weighted by molar-refractivity contribution is 0.251. The Morgan fingerprint density at radius 3 is 2.32 bits per heavy atom. The molecule has 2 nitrogen and oxygen atoms in total. The first kappa shape index (κ1) is 16.0. The minimum atomic E-state index is 0.410. The zero-order valence-electron chi connectivity index (χ0n) is 12.9. The number of hydrogen-bond donors (Lipinski definition) is 1. The summed E-state index contributed by atoms with van der Waals surface area (Å²) < 4.78 is 5.82. The van der Waals surface area contributed by atoms with Crippen molar-refractivity contribution < 1.29 is 4.74 Å². The quantitative estimate of drug-likeness (QED) is 0.705. The molecule has 1 rings (SSSR count). The Morgan fingerprint density at radius 2 is 1.74 bits per heavy atom. The van der Waals surface area contributed by atoms with Crippen molar-refractivity contribution in [2.75, 3.05) is 13.2 Å². The number of benzene rings is 1. The highest BCUT2D eigenvalue weighted by Crippen LogP contribution is 2.18. The summed E-state index contributed by atoms with van der Waals surface area (Å²) in [5.74, 6) is 1.62. The van der Waals surface area contributed by atoms with Crippen LogP contribution in [-0.2, 0) is 0 Å². The van der Waals surface area contributed by atoms with Crippen LogP contribution >= 0.6 is 0 Å². The molecule has 0 spiro atoms.